The summed E-state index contributed by atoms with van der Waals surface area (Å²) in [6.45, 7) is 10.2. The van der Waals surface area contributed by atoms with E-state index in [4.69, 9.17) is 5.73 Å². The molecule has 1 fully saturated rings. The topological polar surface area (TPSA) is 94.4 Å². The molecule has 1 amide bonds. The van der Waals surface area contributed by atoms with E-state index in [2.05, 4.69) is 43.6 Å². The number of primary amides is 1. The highest BCUT2D eigenvalue weighted by Gasteiger charge is 2.15. The number of anilines is 1. The van der Waals surface area contributed by atoms with Crippen molar-refractivity contribution in [3.8, 4) is 11.4 Å². The molecule has 0 unspecified atom stereocenters. The van der Waals surface area contributed by atoms with Gasteiger partial charge in [-0.25, -0.2) is 9.97 Å². The van der Waals surface area contributed by atoms with E-state index >= 15 is 0 Å². The van der Waals surface area contributed by atoms with Crippen LogP contribution in [0, 0.1) is 0 Å². The van der Waals surface area contributed by atoms with Gasteiger partial charge in [0.1, 0.15) is 11.6 Å². The van der Waals surface area contributed by atoms with Crippen molar-refractivity contribution in [2.45, 2.75) is 13.3 Å². The van der Waals surface area contributed by atoms with Crippen molar-refractivity contribution in [1.82, 2.24) is 24.8 Å². The van der Waals surface area contributed by atoms with Crippen LogP contribution in [0.1, 0.15) is 23.7 Å². The molecule has 3 heterocycles. The maximum Gasteiger partial charge on any atom is 0.250 e. The number of H-pyrrole nitrogens is 1. The Labute approximate surface area is 183 Å². The predicted molar refractivity (Wildman–Crippen MR) is 124 cm³/mol. The molecular weight excluding hydrogens is 390 g/mol. The van der Waals surface area contributed by atoms with Crippen LogP contribution in [0.4, 0.5) is 5.82 Å². The molecule has 0 bridgehead atoms. The molecular formula is C23H31N7O. The molecule has 1 aliphatic rings. The molecule has 3 N–H and O–H groups in total. The van der Waals surface area contributed by atoms with E-state index in [-0.39, 0.29) is 0 Å². The van der Waals surface area contributed by atoms with Crippen LogP contribution in [0.5, 0.6) is 0 Å². The molecule has 2 aromatic heterocycles. The Morgan fingerprint density at radius 3 is 2.61 bits per heavy atom. The molecule has 0 spiro atoms. The molecule has 8 heteroatoms. The van der Waals surface area contributed by atoms with Crippen LogP contribution in [-0.4, -0.2) is 83.5 Å². The van der Waals surface area contributed by atoms with Gasteiger partial charge >= 0.3 is 0 Å². The van der Waals surface area contributed by atoms with Crippen molar-refractivity contribution < 1.29 is 4.79 Å². The first-order valence-electron chi connectivity index (χ1n) is 11.0. The van der Waals surface area contributed by atoms with Crippen LogP contribution in [0.15, 0.2) is 36.5 Å². The molecule has 0 saturated carbocycles. The van der Waals surface area contributed by atoms with Gasteiger partial charge in [-0.1, -0.05) is 13.0 Å². The number of nitrogens with two attached hydrogens (primary N) is 1. The Bertz CT molecular complexity index is 1020. The van der Waals surface area contributed by atoms with Crippen molar-refractivity contribution >= 4 is 22.8 Å². The number of aromatic nitrogens is 3. The number of rotatable bonds is 8. The van der Waals surface area contributed by atoms with Gasteiger partial charge in [0.25, 0.3) is 5.91 Å². The Morgan fingerprint density at radius 1 is 1.16 bits per heavy atom. The number of piperazine rings is 1. The van der Waals surface area contributed by atoms with E-state index in [0.29, 0.717) is 22.4 Å². The summed E-state index contributed by atoms with van der Waals surface area (Å²) < 4.78 is 0. The van der Waals surface area contributed by atoms with Crippen molar-refractivity contribution in [1.29, 1.82) is 0 Å². The second-order valence-corrected chi connectivity index (χ2v) is 8.11. The summed E-state index contributed by atoms with van der Waals surface area (Å²) in [5, 5.41) is 0. The fourth-order valence-electron chi connectivity index (χ4n) is 4.10. The third-order valence-electron chi connectivity index (χ3n) is 6.08. The third kappa shape index (κ3) is 4.86. The number of amides is 1. The second-order valence-electron chi connectivity index (χ2n) is 8.11. The van der Waals surface area contributed by atoms with E-state index < -0.39 is 5.91 Å². The highest BCUT2D eigenvalue weighted by Crippen LogP contribution is 2.23. The van der Waals surface area contributed by atoms with Crippen molar-refractivity contribution in [3.63, 3.8) is 0 Å². The number of likely N-dealkylation sites (N-methyl/N-ethyl adjacent to an activating group) is 1. The number of imidazole rings is 1. The molecule has 0 radical (unpaired) electrons. The first kappa shape index (κ1) is 21.3. The number of para-hydroxylation sites is 1. The van der Waals surface area contributed by atoms with Gasteiger partial charge in [0.2, 0.25) is 0 Å². The summed E-state index contributed by atoms with van der Waals surface area (Å²) in [5.41, 5.74) is 8.16. The Morgan fingerprint density at radius 2 is 1.94 bits per heavy atom. The van der Waals surface area contributed by atoms with Gasteiger partial charge in [-0.2, -0.15) is 0 Å². The lowest BCUT2D eigenvalue weighted by atomic mass is 10.2. The number of nitrogens with zero attached hydrogens (tertiary/aromatic N) is 5. The average Bonchev–Trinajstić information content (AvgIpc) is 3.24. The molecule has 1 aromatic carbocycles. The summed E-state index contributed by atoms with van der Waals surface area (Å²) in [4.78, 5) is 31.3. The minimum absolute atomic E-state index is 0.441. The van der Waals surface area contributed by atoms with E-state index in [9.17, 15) is 4.79 Å². The standard InChI is InChI=1S/C23H31N7O/c1-3-29-12-14-30(15-13-29)11-5-10-28(2)20-9-8-17(16-25-20)23-26-19-7-4-6-18(22(24)31)21(19)27-23/h4,6-9,16H,3,5,10-15H2,1-2H3,(H2,24,31)(H,26,27). The van der Waals surface area contributed by atoms with E-state index in [1.807, 2.05) is 24.4 Å². The first-order valence-corrected chi connectivity index (χ1v) is 11.0. The molecule has 164 valence electrons. The number of hydrogen-bond acceptors (Lipinski definition) is 6. The average molecular weight is 422 g/mol. The molecule has 31 heavy (non-hydrogen) atoms. The van der Waals surface area contributed by atoms with E-state index in [1.54, 1.807) is 12.1 Å². The Balaban J connectivity index is 1.35. The summed E-state index contributed by atoms with van der Waals surface area (Å²) in [5.74, 6) is 1.15. The van der Waals surface area contributed by atoms with Gasteiger partial charge in [0, 0.05) is 51.5 Å². The zero-order chi connectivity index (χ0) is 21.8. The second kappa shape index (κ2) is 9.45. The number of hydrogen-bond donors (Lipinski definition) is 2. The van der Waals surface area contributed by atoms with Crippen molar-refractivity contribution in [3.05, 3.63) is 42.1 Å². The maximum absolute atomic E-state index is 11.6. The lowest BCUT2D eigenvalue weighted by molar-refractivity contribution is 0.100. The van der Waals surface area contributed by atoms with Crippen LogP contribution >= 0.6 is 0 Å². The largest absolute Gasteiger partial charge is 0.366 e. The Hall–Kier alpha value is -2.97. The molecule has 4 rings (SSSR count). The molecule has 3 aromatic rings. The van der Waals surface area contributed by atoms with Crippen LogP contribution in [0.3, 0.4) is 0 Å². The minimum atomic E-state index is -0.469. The van der Waals surface area contributed by atoms with Crippen LogP contribution < -0.4 is 10.6 Å². The summed E-state index contributed by atoms with van der Waals surface area (Å²) >= 11 is 0. The molecule has 8 nitrogen and oxygen atoms in total. The lowest BCUT2D eigenvalue weighted by Crippen LogP contribution is -2.46. The first-order chi connectivity index (χ1) is 15.0. The zero-order valence-electron chi connectivity index (χ0n) is 18.3. The monoisotopic (exact) mass is 421 g/mol. The number of carbonyl (C=O) groups is 1. The number of fused-ring (bicyclic) bond motifs is 1. The lowest BCUT2D eigenvalue weighted by Gasteiger charge is -2.34. The third-order valence-corrected chi connectivity index (χ3v) is 6.08. The van der Waals surface area contributed by atoms with E-state index in [1.165, 1.54) is 26.2 Å². The van der Waals surface area contributed by atoms with Gasteiger partial charge < -0.3 is 25.4 Å². The molecule has 0 atom stereocenters. The summed E-state index contributed by atoms with van der Waals surface area (Å²) in [6, 6.07) is 9.36. The van der Waals surface area contributed by atoms with Gasteiger partial charge in [-0.15, -0.1) is 0 Å². The SMILES string of the molecule is CCN1CCN(CCCN(C)c2ccc(-c3nc4cccc(C(N)=O)c4[nH]3)cn2)CC1. The highest BCUT2D eigenvalue weighted by molar-refractivity contribution is 6.04. The maximum atomic E-state index is 11.6. The van der Waals surface area contributed by atoms with E-state index in [0.717, 1.165) is 37.4 Å². The van der Waals surface area contributed by atoms with Gasteiger partial charge in [-0.05, 0) is 43.8 Å². The number of carbonyl (C=O) groups excluding carboxylic acids is 1. The number of benzene rings is 1. The smallest absolute Gasteiger partial charge is 0.250 e. The molecule has 1 aliphatic heterocycles. The quantitative estimate of drug-likeness (QED) is 0.579. The summed E-state index contributed by atoms with van der Waals surface area (Å²) in [7, 11) is 2.08. The van der Waals surface area contributed by atoms with Crippen LogP contribution in [0.25, 0.3) is 22.4 Å². The normalized spacial score (nSPS) is 15.4. The summed E-state index contributed by atoms with van der Waals surface area (Å²) in [6.07, 6.45) is 2.93. The highest BCUT2D eigenvalue weighted by atomic mass is 16.1. The fourth-order valence-corrected chi connectivity index (χ4v) is 4.10. The van der Waals surface area contributed by atoms with Gasteiger partial charge in [-0.3, -0.25) is 4.79 Å². The van der Waals surface area contributed by atoms with Gasteiger partial charge in [0.05, 0.1) is 16.6 Å². The Kier molecular flexibility index (Phi) is 6.48. The van der Waals surface area contributed by atoms with Crippen LogP contribution in [-0.2, 0) is 0 Å². The zero-order valence-corrected chi connectivity index (χ0v) is 18.3. The molecule has 1 saturated heterocycles. The number of aromatic amines is 1. The number of pyridine rings is 1. The van der Waals surface area contributed by atoms with Gasteiger partial charge in [0.15, 0.2) is 0 Å². The van der Waals surface area contributed by atoms with Crippen molar-refractivity contribution in [2.24, 2.45) is 5.73 Å². The minimum Gasteiger partial charge on any atom is -0.366 e. The number of nitrogens with one attached hydrogen (secondary N) is 1. The van der Waals surface area contributed by atoms with Crippen LogP contribution in [0.2, 0.25) is 0 Å². The van der Waals surface area contributed by atoms with Crippen molar-refractivity contribution in [2.75, 3.05) is 57.8 Å². The fraction of sp³-hybridized carbons (Fsp3) is 0.435. The molecule has 0 aliphatic carbocycles. The predicted octanol–water partition coefficient (Wildman–Crippen LogP) is 2.19.